The maximum absolute atomic E-state index is 5.94. The first-order valence-electron chi connectivity index (χ1n) is 9.44. The highest BCUT2D eigenvalue weighted by atomic mass is 16.6. The molecule has 1 aliphatic carbocycles. The normalized spacial score (nSPS) is 13.3. The number of ether oxygens (including phenoxy) is 5. The molecule has 1 fully saturated rings. The summed E-state index contributed by atoms with van der Waals surface area (Å²) in [4.78, 5) is 0. The topological polar surface area (TPSA) is 72.2 Å². The molecule has 1 saturated carbocycles. The van der Waals surface area contributed by atoms with Crippen LogP contribution in [0, 0.1) is 0 Å². The van der Waals surface area contributed by atoms with E-state index in [0.717, 1.165) is 18.6 Å². The van der Waals surface area contributed by atoms with Crippen molar-refractivity contribution in [3.8, 4) is 0 Å². The largest absolute Gasteiger partial charge is 0.490 e. The Bertz CT molecular complexity index is 333. The molecule has 0 unspecified atom stereocenters. The van der Waals surface area contributed by atoms with E-state index in [0.29, 0.717) is 59.4 Å². The molecule has 0 bridgehead atoms. The monoisotopic (exact) mass is 361 g/mol. The van der Waals surface area contributed by atoms with Crippen LogP contribution in [0.5, 0.6) is 0 Å². The summed E-state index contributed by atoms with van der Waals surface area (Å²) < 4.78 is 27.6. The van der Waals surface area contributed by atoms with Gasteiger partial charge in [0.2, 0.25) is 0 Å². The van der Waals surface area contributed by atoms with Crippen LogP contribution in [-0.2, 0) is 23.7 Å². The Morgan fingerprint density at radius 1 is 0.800 bits per heavy atom. The molecule has 1 aliphatic rings. The predicted molar refractivity (Wildman–Crippen MR) is 101 cm³/mol. The van der Waals surface area contributed by atoms with E-state index in [1.807, 2.05) is 13.8 Å². The highest BCUT2D eigenvalue weighted by Gasteiger charge is 2.23. The first kappa shape index (κ1) is 24.3. The van der Waals surface area contributed by atoms with Gasteiger partial charge in [-0.25, -0.2) is 0 Å². The van der Waals surface area contributed by atoms with Crippen LogP contribution in [-0.4, -0.2) is 65.0 Å². The third kappa shape index (κ3) is 16.6. The van der Waals surface area contributed by atoms with Crippen LogP contribution in [0.1, 0.15) is 47.5 Å². The van der Waals surface area contributed by atoms with Gasteiger partial charge in [-0.05, 0) is 39.2 Å². The van der Waals surface area contributed by atoms with Gasteiger partial charge in [0.05, 0.1) is 46.2 Å². The van der Waals surface area contributed by atoms with E-state index in [4.69, 9.17) is 29.4 Å². The zero-order chi connectivity index (χ0) is 19.0. The van der Waals surface area contributed by atoms with Crippen LogP contribution < -0.4 is 5.73 Å². The molecule has 150 valence electrons. The lowest BCUT2D eigenvalue weighted by Crippen LogP contribution is -2.21. The lowest BCUT2D eigenvalue weighted by atomic mass is 10.2. The quantitative estimate of drug-likeness (QED) is 0.379. The number of rotatable bonds is 14. The van der Waals surface area contributed by atoms with Crippen LogP contribution in [0.4, 0.5) is 0 Å². The Kier molecular flexibility index (Phi) is 15.2. The molecule has 0 aliphatic heterocycles. The molecule has 0 amide bonds. The summed E-state index contributed by atoms with van der Waals surface area (Å²) in [5, 5.41) is 0. The van der Waals surface area contributed by atoms with Gasteiger partial charge in [0.15, 0.2) is 0 Å². The van der Waals surface area contributed by atoms with Crippen molar-refractivity contribution in [2.45, 2.75) is 53.1 Å². The summed E-state index contributed by atoms with van der Waals surface area (Å²) in [7, 11) is 0. The molecular weight excluding hydrogens is 322 g/mol. The van der Waals surface area contributed by atoms with Gasteiger partial charge < -0.3 is 29.4 Å². The van der Waals surface area contributed by atoms with Gasteiger partial charge in [0.1, 0.15) is 18.0 Å². The van der Waals surface area contributed by atoms with Crippen LogP contribution in [0.15, 0.2) is 11.3 Å². The number of hydrogen-bond donors (Lipinski definition) is 1. The molecule has 1 rings (SSSR count). The van der Waals surface area contributed by atoms with Gasteiger partial charge in [-0.3, -0.25) is 0 Å². The fraction of sp³-hybridized carbons (Fsp3) is 0.895. The Morgan fingerprint density at radius 2 is 1.24 bits per heavy atom. The van der Waals surface area contributed by atoms with Crippen molar-refractivity contribution in [3.63, 3.8) is 0 Å². The fourth-order valence-electron chi connectivity index (χ4n) is 1.82. The number of nitrogens with two attached hydrogens (primary N) is 1. The van der Waals surface area contributed by atoms with Gasteiger partial charge in [-0.15, -0.1) is 0 Å². The predicted octanol–water partition coefficient (Wildman–Crippen LogP) is 2.90. The maximum Gasteiger partial charge on any atom is 0.122 e. The van der Waals surface area contributed by atoms with E-state index < -0.39 is 0 Å². The second-order valence-electron chi connectivity index (χ2n) is 6.42. The number of allylic oxidation sites excluding steroid dienone is 1. The molecule has 0 aromatic carbocycles. The van der Waals surface area contributed by atoms with Gasteiger partial charge >= 0.3 is 0 Å². The molecule has 0 saturated heterocycles. The third-order valence-electron chi connectivity index (χ3n) is 2.94. The molecule has 6 nitrogen and oxygen atoms in total. The summed E-state index contributed by atoms with van der Waals surface area (Å²) in [5.41, 5.74) is 6.52. The molecular formula is C19H39NO5. The van der Waals surface area contributed by atoms with E-state index >= 15 is 0 Å². The summed E-state index contributed by atoms with van der Waals surface area (Å²) in [6, 6.07) is 0. The van der Waals surface area contributed by atoms with Crippen molar-refractivity contribution in [1.82, 2.24) is 0 Å². The summed E-state index contributed by atoms with van der Waals surface area (Å²) in [6.45, 7) is 15.2. The average Bonchev–Trinajstić information content (AvgIpc) is 3.40. The molecule has 0 aromatic rings. The second kappa shape index (κ2) is 15.6. The minimum atomic E-state index is -0.171. The lowest BCUT2D eigenvalue weighted by molar-refractivity contribution is -0.0132. The highest BCUT2D eigenvalue weighted by molar-refractivity contribution is 5.22. The van der Waals surface area contributed by atoms with Crippen LogP contribution in [0.3, 0.4) is 0 Å². The zero-order valence-electron chi connectivity index (χ0n) is 16.9. The smallest absolute Gasteiger partial charge is 0.122 e. The molecule has 0 aromatic heterocycles. The highest BCUT2D eigenvalue weighted by Crippen LogP contribution is 2.33. The first-order valence-corrected chi connectivity index (χ1v) is 9.44. The Labute approximate surface area is 154 Å². The van der Waals surface area contributed by atoms with Gasteiger partial charge in [-0.1, -0.05) is 13.8 Å². The van der Waals surface area contributed by atoms with Gasteiger partial charge in [0.25, 0.3) is 0 Å². The summed E-state index contributed by atoms with van der Waals surface area (Å²) >= 11 is 0. The van der Waals surface area contributed by atoms with E-state index in [1.165, 1.54) is 5.57 Å². The van der Waals surface area contributed by atoms with Gasteiger partial charge in [-0.2, -0.15) is 0 Å². The van der Waals surface area contributed by atoms with E-state index in [1.54, 1.807) is 0 Å². The second-order valence-corrected chi connectivity index (χ2v) is 6.42. The standard InChI is InChI=1S/C17H33NO5.C2H6/c1-17(2,3)23-16(15-4-5-15)14-22-13-12-21-11-10-20-9-8-19-7-6-18;1-2/h4-14,18H2,1-3H3;1-2H3. The molecule has 6 heteroatoms. The zero-order valence-corrected chi connectivity index (χ0v) is 16.9. The van der Waals surface area contributed by atoms with Crippen molar-refractivity contribution in [2.75, 3.05) is 59.4 Å². The van der Waals surface area contributed by atoms with Crippen molar-refractivity contribution >= 4 is 0 Å². The fourth-order valence-corrected chi connectivity index (χ4v) is 1.82. The van der Waals surface area contributed by atoms with E-state index in [2.05, 4.69) is 20.8 Å². The van der Waals surface area contributed by atoms with Crippen LogP contribution in [0.25, 0.3) is 0 Å². The number of hydrogen-bond acceptors (Lipinski definition) is 6. The van der Waals surface area contributed by atoms with E-state index in [9.17, 15) is 0 Å². The van der Waals surface area contributed by atoms with Crippen molar-refractivity contribution in [1.29, 1.82) is 0 Å². The molecule has 2 N–H and O–H groups in total. The minimum absolute atomic E-state index is 0.171. The average molecular weight is 362 g/mol. The third-order valence-corrected chi connectivity index (χ3v) is 2.94. The van der Waals surface area contributed by atoms with E-state index in [-0.39, 0.29) is 5.60 Å². The minimum Gasteiger partial charge on any atom is -0.490 e. The molecule has 25 heavy (non-hydrogen) atoms. The molecule has 0 radical (unpaired) electrons. The lowest BCUT2D eigenvalue weighted by Gasteiger charge is -2.23. The Morgan fingerprint density at radius 3 is 1.64 bits per heavy atom. The van der Waals surface area contributed by atoms with Crippen LogP contribution in [0.2, 0.25) is 0 Å². The molecule has 0 heterocycles. The molecule has 0 atom stereocenters. The van der Waals surface area contributed by atoms with Crippen molar-refractivity contribution in [2.24, 2.45) is 5.73 Å². The Balaban J connectivity index is 0.00000277. The summed E-state index contributed by atoms with van der Waals surface area (Å²) in [5.74, 6) is 0.998. The van der Waals surface area contributed by atoms with Crippen molar-refractivity contribution < 1.29 is 23.7 Å². The Hall–Kier alpha value is -0.660. The first-order chi connectivity index (χ1) is 12.0. The summed E-state index contributed by atoms with van der Waals surface area (Å²) in [6.07, 6.45) is 2.27. The van der Waals surface area contributed by atoms with Crippen molar-refractivity contribution in [3.05, 3.63) is 11.3 Å². The van der Waals surface area contributed by atoms with Gasteiger partial charge in [0, 0.05) is 6.54 Å². The SMILES string of the molecule is CC.CC(C)(C)OC(COCCOCCOCCOCCN)=C1CC1. The maximum atomic E-state index is 5.94. The van der Waals surface area contributed by atoms with Crippen LogP contribution >= 0.6 is 0 Å². The molecule has 0 spiro atoms.